The second kappa shape index (κ2) is 6.29. The van der Waals surface area contributed by atoms with E-state index in [9.17, 15) is 5.11 Å². The molecule has 0 aliphatic heterocycles. The number of anilines is 2. The van der Waals surface area contributed by atoms with Crippen LogP contribution in [0.4, 0.5) is 17.1 Å². The van der Waals surface area contributed by atoms with Gasteiger partial charge in [-0.2, -0.15) is 0 Å². The summed E-state index contributed by atoms with van der Waals surface area (Å²) in [4.78, 5) is 4.49. The maximum absolute atomic E-state index is 9.54. The van der Waals surface area contributed by atoms with Crippen LogP contribution >= 0.6 is 0 Å². The molecular weight excluding hydrogens is 302 g/mol. The van der Waals surface area contributed by atoms with E-state index in [1.54, 1.807) is 60.7 Å². The number of aliphatic imine (C=N–C) groups is 1. The summed E-state index contributed by atoms with van der Waals surface area (Å²) in [6.07, 6.45) is 3.25. The largest absolute Gasteiger partial charge is 0.508 e. The highest BCUT2D eigenvalue weighted by atomic mass is 16.3. The standard InChI is InChI=1S/C18H17N5O/c19-11-4-6-12(7-5-11)22-17-10-18(16(21)9-15(17)20)23-13-2-1-3-14(24)8-13/h1-10,21,23-24H,19-20H2/b21-16?,22-17-. The summed E-state index contributed by atoms with van der Waals surface area (Å²) in [5.41, 5.74) is 15.5. The monoisotopic (exact) mass is 319 g/mol. The molecule has 7 N–H and O–H groups in total. The van der Waals surface area contributed by atoms with Crippen molar-refractivity contribution in [2.24, 2.45) is 10.7 Å². The van der Waals surface area contributed by atoms with E-state index >= 15 is 0 Å². The number of phenols is 1. The molecule has 0 bridgehead atoms. The van der Waals surface area contributed by atoms with Crippen LogP contribution in [0.2, 0.25) is 0 Å². The Labute approximate surface area is 139 Å². The third kappa shape index (κ3) is 3.44. The van der Waals surface area contributed by atoms with Crippen LogP contribution in [0.3, 0.4) is 0 Å². The van der Waals surface area contributed by atoms with Gasteiger partial charge in [0.15, 0.2) is 0 Å². The minimum Gasteiger partial charge on any atom is -0.508 e. The van der Waals surface area contributed by atoms with E-state index in [1.165, 1.54) is 0 Å². The minimum absolute atomic E-state index is 0.147. The van der Waals surface area contributed by atoms with E-state index in [0.29, 0.717) is 28.5 Å². The lowest BCUT2D eigenvalue weighted by atomic mass is 10.0. The van der Waals surface area contributed by atoms with Gasteiger partial charge in [0.25, 0.3) is 0 Å². The summed E-state index contributed by atoms with van der Waals surface area (Å²) in [5.74, 6) is 0.147. The van der Waals surface area contributed by atoms with Crippen LogP contribution in [0.1, 0.15) is 0 Å². The van der Waals surface area contributed by atoms with Gasteiger partial charge in [-0.15, -0.1) is 0 Å². The molecule has 0 heterocycles. The molecule has 0 radical (unpaired) electrons. The van der Waals surface area contributed by atoms with Crippen molar-refractivity contribution in [1.29, 1.82) is 5.41 Å². The number of nitrogens with two attached hydrogens (primary N) is 2. The number of nitrogens with one attached hydrogen (secondary N) is 2. The molecule has 0 amide bonds. The number of benzene rings is 2. The summed E-state index contributed by atoms with van der Waals surface area (Å²) in [7, 11) is 0. The van der Waals surface area contributed by atoms with Gasteiger partial charge in [-0.05, 0) is 48.6 Å². The lowest BCUT2D eigenvalue weighted by Gasteiger charge is -2.16. The average Bonchev–Trinajstić information content (AvgIpc) is 2.54. The molecule has 3 rings (SSSR count). The predicted molar refractivity (Wildman–Crippen MR) is 97.8 cm³/mol. The van der Waals surface area contributed by atoms with Gasteiger partial charge in [-0.25, -0.2) is 4.99 Å². The second-order valence-corrected chi connectivity index (χ2v) is 5.34. The smallest absolute Gasteiger partial charge is 0.117 e. The zero-order chi connectivity index (χ0) is 17.1. The highest BCUT2D eigenvalue weighted by Crippen LogP contribution is 2.21. The van der Waals surface area contributed by atoms with E-state index in [2.05, 4.69) is 10.3 Å². The first-order valence-electron chi connectivity index (χ1n) is 7.30. The molecule has 24 heavy (non-hydrogen) atoms. The number of rotatable bonds is 3. The Bertz CT molecular complexity index is 879. The van der Waals surface area contributed by atoms with Gasteiger partial charge < -0.3 is 21.9 Å². The lowest BCUT2D eigenvalue weighted by Crippen LogP contribution is -2.21. The molecule has 6 heteroatoms. The van der Waals surface area contributed by atoms with Gasteiger partial charge in [-0.1, -0.05) is 6.07 Å². The molecule has 0 atom stereocenters. The summed E-state index contributed by atoms with van der Waals surface area (Å²) in [6, 6.07) is 13.8. The SMILES string of the molecule is N=C1C=C(N)/C(=N\c2ccc(N)cc2)C=C1Nc1cccc(O)c1. The van der Waals surface area contributed by atoms with Crippen molar-refractivity contribution in [3.63, 3.8) is 0 Å². The van der Waals surface area contributed by atoms with Gasteiger partial charge in [-0.3, -0.25) is 5.41 Å². The molecule has 0 saturated heterocycles. The fourth-order valence-electron chi connectivity index (χ4n) is 2.23. The number of phenolic OH excluding ortho intramolecular Hbond substituents is 1. The van der Waals surface area contributed by atoms with Crippen LogP contribution in [-0.2, 0) is 0 Å². The minimum atomic E-state index is 0.147. The van der Waals surface area contributed by atoms with Gasteiger partial charge in [0.05, 0.1) is 28.5 Å². The van der Waals surface area contributed by atoms with E-state index in [1.807, 2.05) is 0 Å². The molecule has 0 saturated carbocycles. The molecule has 0 unspecified atom stereocenters. The molecule has 2 aromatic carbocycles. The second-order valence-electron chi connectivity index (χ2n) is 5.34. The molecular formula is C18H17N5O. The summed E-state index contributed by atoms with van der Waals surface area (Å²) >= 11 is 0. The number of hydrogen-bond donors (Lipinski definition) is 5. The van der Waals surface area contributed by atoms with Gasteiger partial charge in [0, 0.05) is 17.4 Å². The molecule has 1 aliphatic rings. The van der Waals surface area contributed by atoms with Crippen molar-refractivity contribution in [2.45, 2.75) is 0 Å². The Morgan fingerprint density at radius 2 is 1.75 bits per heavy atom. The zero-order valence-electron chi connectivity index (χ0n) is 12.8. The Morgan fingerprint density at radius 3 is 2.46 bits per heavy atom. The fraction of sp³-hybridized carbons (Fsp3) is 0. The quantitative estimate of drug-likeness (QED) is 0.441. The topological polar surface area (TPSA) is 121 Å². The van der Waals surface area contributed by atoms with Crippen molar-refractivity contribution in [2.75, 3.05) is 11.1 Å². The van der Waals surface area contributed by atoms with Gasteiger partial charge in [0.2, 0.25) is 0 Å². The van der Waals surface area contributed by atoms with Crippen molar-refractivity contribution in [3.05, 3.63) is 72.1 Å². The Kier molecular flexibility index (Phi) is 4.03. The van der Waals surface area contributed by atoms with Crippen LogP contribution in [0.25, 0.3) is 0 Å². The van der Waals surface area contributed by atoms with Gasteiger partial charge in [0.1, 0.15) is 5.75 Å². The Balaban J connectivity index is 1.91. The maximum atomic E-state index is 9.54. The van der Waals surface area contributed by atoms with E-state index in [-0.39, 0.29) is 11.5 Å². The number of aromatic hydroxyl groups is 1. The first-order valence-corrected chi connectivity index (χ1v) is 7.30. The molecule has 120 valence electrons. The molecule has 1 aliphatic carbocycles. The third-order valence-electron chi connectivity index (χ3n) is 3.43. The normalized spacial score (nSPS) is 15.8. The lowest BCUT2D eigenvalue weighted by molar-refractivity contribution is 0.475. The highest BCUT2D eigenvalue weighted by molar-refractivity contribution is 6.23. The Hall–Kier alpha value is -3.54. The average molecular weight is 319 g/mol. The van der Waals surface area contributed by atoms with Crippen LogP contribution in [-0.4, -0.2) is 16.5 Å². The van der Waals surface area contributed by atoms with Crippen LogP contribution in [0.5, 0.6) is 5.75 Å². The number of nitrogens with zero attached hydrogens (tertiary/aromatic N) is 1. The fourth-order valence-corrected chi connectivity index (χ4v) is 2.23. The Morgan fingerprint density at radius 1 is 1.00 bits per heavy atom. The molecule has 0 spiro atoms. The van der Waals surface area contributed by atoms with Crippen molar-refractivity contribution >= 4 is 28.5 Å². The molecule has 0 aromatic heterocycles. The van der Waals surface area contributed by atoms with E-state index in [4.69, 9.17) is 16.9 Å². The molecule has 2 aromatic rings. The highest BCUT2D eigenvalue weighted by Gasteiger charge is 2.14. The van der Waals surface area contributed by atoms with Crippen LogP contribution in [0.15, 0.2) is 77.1 Å². The first-order chi connectivity index (χ1) is 11.5. The summed E-state index contributed by atoms with van der Waals surface area (Å²) < 4.78 is 0. The van der Waals surface area contributed by atoms with Gasteiger partial charge >= 0.3 is 0 Å². The molecule has 0 fully saturated rings. The van der Waals surface area contributed by atoms with E-state index < -0.39 is 0 Å². The zero-order valence-corrected chi connectivity index (χ0v) is 12.8. The summed E-state index contributed by atoms with van der Waals surface area (Å²) in [6.45, 7) is 0. The third-order valence-corrected chi connectivity index (χ3v) is 3.43. The van der Waals surface area contributed by atoms with E-state index in [0.717, 1.165) is 5.69 Å². The number of hydrogen-bond acceptors (Lipinski definition) is 6. The van der Waals surface area contributed by atoms with Crippen LogP contribution in [0, 0.1) is 5.41 Å². The van der Waals surface area contributed by atoms with Crippen molar-refractivity contribution < 1.29 is 5.11 Å². The van der Waals surface area contributed by atoms with Crippen molar-refractivity contribution in [1.82, 2.24) is 0 Å². The number of nitrogen functional groups attached to an aromatic ring is 1. The van der Waals surface area contributed by atoms with Crippen LogP contribution < -0.4 is 16.8 Å². The summed E-state index contributed by atoms with van der Waals surface area (Å²) in [5, 5.41) is 20.7. The number of allylic oxidation sites excluding steroid dienone is 2. The van der Waals surface area contributed by atoms with Crippen molar-refractivity contribution in [3.8, 4) is 5.75 Å². The first kappa shape index (κ1) is 15.4. The molecule has 6 nitrogen and oxygen atoms in total. The maximum Gasteiger partial charge on any atom is 0.117 e. The predicted octanol–water partition coefficient (Wildman–Crippen LogP) is 2.92.